The second-order valence-electron chi connectivity index (χ2n) is 7.77. The normalized spacial score (nSPS) is 18.7. The second kappa shape index (κ2) is 8.41. The minimum absolute atomic E-state index is 0.119. The van der Waals surface area contributed by atoms with Gasteiger partial charge in [0.2, 0.25) is 12.0 Å². The molecule has 0 amide bonds. The molecular formula is C25H23ClN2O5. The summed E-state index contributed by atoms with van der Waals surface area (Å²) >= 11 is 6.31. The number of halogens is 1. The topological polar surface area (TPSA) is 72.8 Å². The van der Waals surface area contributed by atoms with Crippen molar-refractivity contribution in [2.75, 3.05) is 21.3 Å². The molecular weight excluding hydrogens is 444 g/mol. The van der Waals surface area contributed by atoms with Gasteiger partial charge >= 0.3 is 0 Å². The second-order valence-corrected chi connectivity index (χ2v) is 8.21. The molecule has 33 heavy (non-hydrogen) atoms. The van der Waals surface area contributed by atoms with Crippen LogP contribution in [0.2, 0.25) is 5.02 Å². The van der Waals surface area contributed by atoms with Gasteiger partial charge in [0.25, 0.3) is 0 Å². The number of para-hydroxylation sites is 1. The van der Waals surface area contributed by atoms with E-state index in [0.717, 1.165) is 22.6 Å². The Morgan fingerprint density at radius 3 is 2.39 bits per heavy atom. The SMILES string of the molecule is COc1cc([C@@H]2Oc3ccc(Cl)cc3[C@H]3CC(c4ccccc4O)=NN32)cc(OC)c1OC. The minimum atomic E-state index is -0.555. The number of ether oxygens (including phenoxy) is 4. The van der Waals surface area contributed by atoms with E-state index in [2.05, 4.69) is 0 Å². The van der Waals surface area contributed by atoms with Gasteiger partial charge in [-0.05, 0) is 42.5 Å². The molecule has 0 saturated carbocycles. The molecule has 0 unspecified atom stereocenters. The molecule has 0 aliphatic carbocycles. The molecule has 2 aliphatic rings. The fourth-order valence-electron chi connectivity index (χ4n) is 4.40. The lowest BCUT2D eigenvalue weighted by molar-refractivity contribution is -0.0192. The average molecular weight is 467 g/mol. The van der Waals surface area contributed by atoms with Crippen molar-refractivity contribution < 1.29 is 24.1 Å². The first-order valence-electron chi connectivity index (χ1n) is 10.4. The zero-order valence-electron chi connectivity index (χ0n) is 18.4. The molecule has 0 saturated heterocycles. The Labute approximate surface area is 196 Å². The molecule has 2 atom stereocenters. The van der Waals surface area contributed by atoms with Gasteiger partial charge < -0.3 is 24.1 Å². The Hall–Kier alpha value is -3.58. The molecule has 1 N–H and O–H groups in total. The molecule has 0 radical (unpaired) electrons. The van der Waals surface area contributed by atoms with Crippen molar-refractivity contribution in [1.29, 1.82) is 0 Å². The van der Waals surface area contributed by atoms with E-state index < -0.39 is 6.23 Å². The van der Waals surface area contributed by atoms with Crippen molar-refractivity contribution in [3.05, 3.63) is 76.3 Å². The van der Waals surface area contributed by atoms with Gasteiger partial charge in [-0.1, -0.05) is 23.7 Å². The third kappa shape index (κ3) is 3.58. The fourth-order valence-corrected chi connectivity index (χ4v) is 4.58. The Balaban J connectivity index is 1.65. The largest absolute Gasteiger partial charge is 0.507 e. The smallest absolute Gasteiger partial charge is 0.214 e. The van der Waals surface area contributed by atoms with Gasteiger partial charge in [0.05, 0.1) is 33.1 Å². The molecule has 5 rings (SSSR count). The number of hydrazone groups is 1. The fraction of sp³-hybridized carbons (Fsp3) is 0.240. The minimum Gasteiger partial charge on any atom is -0.507 e. The Bertz CT molecular complexity index is 1220. The molecule has 7 nitrogen and oxygen atoms in total. The summed E-state index contributed by atoms with van der Waals surface area (Å²) in [6.07, 6.45) is 0.0376. The van der Waals surface area contributed by atoms with Crippen molar-refractivity contribution in [2.45, 2.75) is 18.7 Å². The summed E-state index contributed by atoms with van der Waals surface area (Å²) in [6.45, 7) is 0. The molecule has 3 aromatic carbocycles. The van der Waals surface area contributed by atoms with E-state index in [1.807, 2.05) is 47.5 Å². The highest BCUT2D eigenvalue weighted by molar-refractivity contribution is 6.30. The van der Waals surface area contributed by atoms with E-state index in [1.54, 1.807) is 33.5 Å². The van der Waals surface area contributed by atoms with Gasteiger partial charge in [0.15, 0.2) is 11.5 Å². The Morgan fingerprint density at radius 2 is 1.73 bits per heavy atom. The maximum absolute atomic E-state index is 10.4. The van der Waals surface area contributed by atoms with E-state index in [-0.39, 0.29) is 11.8 Å². The lowest BCUT2D eigenvalue weighted by atomic mass is 9.95. The van der Waals surface area contributed by atoms with Gasteiger partial charge in [-0.15, -0.1) is 0 Å². The molecule has 0 bridgehead atoms. The molecule has 8 heteroatoms. The van der Waals surface area contributed by atoms with Crippen LogP contribution < -0.4 is 18.9 Å². The third-order valence-electron chi connectivity index (χ3n) is 5.94. The average Bonchev–Trinajstić information content (AvgIpc) is 3.28. The first-order chi connectivity index (χ1) is 16.0. The van der Waals surface area contributed by atoms with Crippen molar-refractivity contribution in [3.8, 4) is 28.7 Å². The van der Waals surface area contributed by atoms with Gasteiger partial charge in [0, 0.05) is 28.1 Å². The van der Waals surface area contributed by atoms with Crippen molar-refractivity contribution in [1.82, 2.24) is 5.01 Å². The maximum Gasteiger partial charge on any atom is 0.214 e. The number of phenolic OH excluding ortho intramolecular Hbond substituents is 1. The summed E-state index contributed by atoms with van der Waals surface area (Å²) in [7, 11) is 4.72. The van der Waals surface area contributed by atoms with Crippen LogP contribution in [0.1, 0.15) is 35.4 Å². The number of phenols is 1. The number of benzene rings is 3. The van der Waals surface area contributed by atoms with Gasteiger partial charge in [-0.3, -0.25) is 0 Å². The summed E-state index contributed by atoms with van der Waals surface area (Å²) in [5.41, 5.74) is 3.20. The zero-order chi connectivity index (χ0) is 23.1. The molecule has 0 fully saturated rings. The van der Waals surface area contributed by atoms with E-state index in [1.165, 1.54) is 0 Å². The summed E-state index contributed by atoms with van der Waals surface area (Å²) in [6, 6.07) is 16.4. The standard InChI is InChI=1S/C25H23ClN2O5/c1-30-22-10-14(11-23(31-2)24(22)32-3)25-28-19(17-12-15(26)8-9-21(17)33-25)13-18(27-28)16-6-4-5-7-20(16)29/h4-12,19,25,29H,13H2,1-3H3/t19-,25+/m1/s1. The number of hydrogen-bond acceptors (Lipinski definition) is 7. The van der Waals surface area contributed by atoms with Crippen LogP contribution in [0, 0.1) is 0 Å². The van der Waals surface area contributed by atoms with Crippen LogP contribution in [0.25, 0.3) is 0 Å². The number of fused-ring (bicyclic) bond motifs is 3. The Kier molecular flexibility index (Phi) is 5.42. The first kappa shape index (κ1) is 21.3. The van der Waals surface area contributed by atoms with Crippen LogP contribution in [0.4, 0.5) is 0 Å². The maximum atomic E-state index is 10.4. The summed E-state index contributed by atoms with van der Waals surface area (Å²) in [5.74, 6) is 2.47. The number of hydrogen-bond donors (Lipinski definition) is 1. The van der Waals surface area contributed by atoms with Crippen molar-refractivity contribution in [3.63, 3.8) is 0 Å². The van der Waals surface area contributed by atoms with Gasteiger partial charge in [-0.25, -0.2) is 5.01 Å². The highest BCUT2D eigenvalue weighted by Crippen LogP contribution is 2.50. The summed E-state index contributed by atoms with van der Waals surface area (Å²) in [4.78, 5) is 0. The Morgan fingerprint density at radius 1 is 1.00 bits per heavy atom. The van der Waals surface area contributed by atoms with Gasteiger partial charge in [0.1, 0.15) is 11.5 Å². The van der Waals surface area contributed by atoms with Crippen molar-refractivity contribution in [2.24, 2.45) is 5.10 Å². The quantitative estimate of drug-likeness (QED) is 0.549. The third-order valence-corrected chi connectivity index (χ3v) is 6.17. The van der Waals surface area contributed by atoms with Crippen molar-refractivity contribution >= 4 is 17.3 Å². The predicted octanol–water partition coefficient (Wildman–Crippen LogP) is 5.31. The molecule has 3 aromatic rings. The predicted molar refractivity (Wildman–Crippen MR) is 125 cm³/mol. The first-order valence-corrected chi connectivity index (χ1v) is 10.8. The highest BCUT2D eigenvalue weighted by Gasteiger charge is 2.42. The van der Waals surface area contributed by atoms with Crippen LogP contribution in [-0.4, -0.2) is 37.2 Å². The highest BCUT2D eigenvalue weighted by atomic mass is 35.5. The zero-order valence-corrected chi connectivity index (χ0v) is 19.2. The van der Waals surface area contributed by atoms with Crippen LogP contribution in [-0.2, 0) is 0 Å². The summed E-state index contributed by atoms with van der Waals surface area (Å²) < 4.78 is 23.0. The van der Waals surface area contributed by atoms with Crippen LogP contribution >= 0.6 is 11.6 Å². The lowest BCUT2D eigenvalue weighted by Crippen LogP contribution is -2.33. The van der Waals surface area contributed by atoms with E-state index in [0.29, 0.717) is 34.3 Å². The molecule has 0 spiro atoms. The summed E-state index contributed by atoms with van der Waals surface area (Å²) in [5, 5.41) is 17.8. The number of rotatable bonds is 5. The van der Waals surface area contributed by atoms with E-state index in [4.69, 9.17) is 35.6 Å². The number of nitrogens with zero attached hydrogens (tertiary/aromatic N) is 2. The van der Waals surface area contributed by atoms with Crippen LogP contribution in [0.5, 0.6) is 28.7 Å². The monoisotopic (exact) mass is 466 g/mol. The molecule has 2 heterocycles. The van der Waals surface area contributed by atoms with E-state index >= 15 is 0 Å². The van der Waals surface area contributed by atoms with E-state index in [9.17, 15) is 5.11 Å². The molecule has 170 valence electrons. The van der Waals surface area contributed by atoms with Crippen LogP contribution in [0.15, 0.2) is 59.7 Å². The number of aromatic hydroxyl groups is 1. The van der Waals surface area contributed by atoms with Gasteiger partial charge in [-0.2, -0.15) is 5.10 Å². The van der Waals surface area contributed by atoms with Crippen LogP contribution in [0.3, 0.4) is 0 Å². The lowest BCUT2D eigenvalue weighted by Gasteiger charge is -2.38. The molecule has 0 aromatic heterocycles. The number of methoxy groups -OCH3 is 3. The molecule has 2 aliphatic heterocycles.